The molecular weight excluding hydrogens is 389 g/mol. The van der Waals surface area contributed by atoms with Crippen molar-refractivity contribution in [3.63, 3.8) is 0 Å². The fourth-order valence-electron chi connectivity index (χ4n) is 2.28. The number of ether oxygens (including phenoxy) is 1. The van der Waals surface area contributed by atoms with E-state index in [1.54, 1.807) is 0 Å². The first-order chi connectivity index (χ1) is 12.3. The predicted octanol–water partition coefficient (Wildman–Crippen LogP) is 4.77. The van der Waals surface area contributed by atoms with Crippen LogP contribution in [0.15, 0.2) is 24.4 Å². The lowest BCUT2D eigenvalue weighted by Gasteiger charge is -2.09. The molecule has 4 nitrogen and oxygen atoms in total. The fraction of sp³-hybridized carbons (Fsp3) is 0.412. The Morgan fingerprint density at radius 1 is 1.38 bits per heavy atom. The predicted molar refractivity (Wildman–Crippen MR) is 93.5 cm³/mol. The van der Waals surface area contributed by atoms with Gasteiger partial charge in [-0.25, -0.2) is 4.98 Å². The number of alkyl halides is 3. The minimum Gasteiger partial charge on any atom is -0.371 e. The minimum absolute atomic E-state index is 0.0368. The molecule has 0 bridgehead atoms. The van der Waals surface area contributed by atoms with Gasteiger partial charge in [-0.3, -0.25) is 10.1 Å². The highest BCUT2D eigenvalue weighted by Gasteiger charge is 2.31. The van der Waals surface area contributed by atoms with E-state index in [9.17, 15) is 18.0 Å². The molecule has 0 radical (unpaired) electrons. The van der Waals surface area contributed by atoms with Crippen LogP contribution in [-0.4, -0.2) is 24.1 Å². The van der Waals surface area contributed by atoms with Crippen molar-refractivity contribution in [2.24, 2.45) is 5.92 Å². The first-order valence-corrected chi connectivity index (χ1v) is 9.18. The van der Waals surface area contributed by atoms with Crippen LogP contribution in [-0.2, 0) is 22.1 Å². The summed E-state index contributed by atoms with van der Waals surface area (Å²) in [6.45, 7) is 0.551. The molecule has 1 N–H and O–H groups in total. The Balaban J connectivity index is 1.58. The molecular formula is C17H16ClF3N2O2S. The maximum absolute atomic E-state index is 12.8. The third kappa shape index (κ3) is 5.43. The molecule has 1 aromatic carbocycles. The Bertz CT molecular complexity index is 791. The van der Waals surface area contributed by atoms with Gasteiger partial charge in [0.1, 0.15) is 6.61 Å². The molecule has 0 aliphatic heterocycles. The monoisotopic (exact) mass is 404 g/mol. The number of nitrogens with zero attached hydrogens (tertiary/aromatic N) is 1. The molecule has 1 aromatic heterocycles. The van der Waals surface area contributed by atoms with Crippen LogP contribution in [0.4, 0.5) is 18.3 Å². The molecule has 1 amide bonds. The summed E-state index contributed by atoms with van der Waals surface area (Å²) in [6.07, 6.45) is -0.409. The van der Waals surface area contributed by atoms with Gasteiger partial charge >= 0.3 is 6.18 Å². The molecule has 0 spiro atoms. The van der Waals surface area contributed by atoms with Crippen molar-refractivity contribution in [1.82, 2.24) is 4.98 Å². The average molecular weight is 405 g/mol. The van der Waals surface area contributed by atoms with Gasteiger partial charge in [0.2, 0.25) is 0 Å². The molecule has 1 aliphatic rings. The van der Waals surface area contributed by atoms with Crippen LogP contribution in [0, 0.1) is 5.92 Å². The van der Waals surface area contributed by atoms with Crippen molar-refractivity contribution in [2.75, 3.05) is 18.5 Å². The maximum Gasteiger partial charge on any atom is 0.416 e. The van der Waals surface area contributed by atoms with Crippen LogP contribution in [0.1, 0.15) is 28.8 Å². The summed E-state index contributed by atoms with van der Waals surface area (Å²) in [5, 5.41) is 3.26. The average Bonchev–Trinajstić information content (AvgIpc) is 3.28. The fourth-order valence-corrected chi connectivity index (χ4v) is 3.32. The number of carbonyl (C=O) groups is 1. The number of rotatable bonds is 7. The number of aromatic nitrogens is 1. The molecule has 0 atom stereocenters. The van der Waals surface area contributed by atoms with Crippen molar-refractivity contribution in [3.05, 3.63) is 45.4 Å². The van der Waals surface area contributed by atoms with Gasteiger partial charge in [0.25, 0.3) is 5.91 Å². The van der Waals surface area contributed by atoms with E-state index >= 15 is 0 Å². The van der Waals surface area contributed by atoms with Gasteiger partial charge in [-0.1, -0.05) is 11.6 Å². The summed E-state index contributed by atoms with van der Waals surface area (Å²) in [7, 11) is 0. The second-order valence-electron chi connectivity index (χ2n) is 6.12. The summed E-state index contributed by atoms with van der Waals surface area (Å²) < 4.78 is 43.8. The van der Waals surface area contributed by atoms with Gasteiger partial charge in [0, 0.05) is 22.5 Å². The highest BCUT2D eigenvalue weighted by molar-refractivity contribution is 7.15. The summed E-state index contributed by atoms with van der Waals surface area (Å²) >= 11 is 7.20. The van der Waals surface area contributed by atoms with Gasteiger partial charge in [0.05, 0.1) is 12.2 Å². The Labute approximate surface area is 157 Å². The van der Waals surface area contributed by atoms with Crippen LogP contribution < -0.4 is 5.32 Å². The lowest BCUT2D eigenvalue weighted by Crippen LogP contribution is -2.18. The molecule has 1 saturated carbocycles. The van der Waals surface area contributed by atoms with Crippen LogP contribution in [0.5, 0.6) is 0 Å². The van der Waals surface area contributed by atoms with Gasteiger partial charge in [-0.05, 0) is 42.5 Å². The largest absolute Gasteiger partial charge is 0.416 e. The van der Waals surface area contributed by atoms with E-state index in [4.69, 9.17) is 16.3 Å². The third-order valence-electron chi connectivity index (χ3n) is 3.82. The van der Waals surface area contributed by atoms with Gasteiger partial charge < -0.3 is 4.74 Å². The van der Waals surface area contributed by atoms with Crippen molar-refractivity contribution in [2.45, 2.75) is 25.4 Å². The topological polar surface area (TPSA) is 51.2 Å². The highest BCUT2D eigenvalue weighted by atomic mass is 35.5. The molecule has 26 heavy (non-hydrogen) atoms. The third-order valence-corrected chi connectivity index (χ3v) is 5.10. The van der Waals surface area contributed by atoms with Crippen LogP contribution in [0.2, 0.25) is 5.02 Å². The van der Waals surface area contributed by atoms with Crippen molar-refractivity contribution in [1.29, 1.82) is 0 Å². The Hall–Kier alpha value is -1.64. The molecule has 3 rings (SSSR count). The number of halogens is 4. The number of hydrogen-bond acceptors (Lipinski definition) is 4. The number of carbonyl (C=O) groups excluding carboxylic acids is 1. The number of nitrogens with one attached hydrogen (secondary N) is 1. The summed E-state index contributed by atoms with van der Waals surface area (Å²) in [5.41, 5.74) is -0.390. The highest BCUT2D eigenvalue weighted by Crippen LogP contribution is 2.33. The second-order valence-corrected chi connectivity index (χ2v) is 7.64. The van der Waals surface area contributed by atoms with E-state index in [0.29, 0.717) is 28.1 Å². The van der Waals surface area contributed by atoms with E-state index in [0.717, 1.165) is 25.0 Å². The number of amides is 1. The molecule has 2 aromatic rings. The molecule has 0 saturated heterocycles. The number of thiazole rings is 1. The number of anilines is 1. The van der Waals surface area contributed by atoms with Gasteiger partial charge in [0.15, 0.2) is 5.13 Å². The van der Waals surface area contributed by atoms with E-state index in [1.165, 1.54) is 23.6 Å². The molecule has 9 heteroatoms. The van der Waals surface area contributed by atoms with Crippen LogP contribution in [0.3, 0.4) is 0 Å². The minimum atomic E-state index is -4.42. The van der Waals surface area contributed by atoms with E-state index in [-0.39, 0.29) is 24.0 Å². The standard InChI is InChI=1S/C17H16ClF3N2O2S/c18-14-4-3-12(17(19,20)21)5-11(14)6-13-7-22-16(26-13)23-15(24)9-25-8-10-1-2-10/h3-5,7,10H,1-2,6,8-9H2,(H,22,23,24). The maximum atomic E-state index is 12.8. The Morgan fingerprint density at radius 3 is 2.85 bits per heavy atom. The Morgan fingerprint density at radius 2 is 2.15 bits per heavy atom. The first kappa shape index (κ1) is 19.1. The van der Waals surface area contributed by atoms with Crippen molar-refractivity contribution in [3.8, 4) is 0 Å². The zero-order valence-electron chi connectivity index (χ0n) is 13.6. The number of benzene rings is 1. The van der Waals surface area contributed by atoms with Crippen molar-refractivity contribution < 1.29 is 22.7 Å². The molecule has 1 aliphatic carbocycles. The zero-order chi connectivity index (χ0) is 18.7. The SMILES string of the molecule is O=C(COCC1CC1)Nc1ncc(Cc2cc(C(F)(F)F)ccc2Cl)s1. The lowest BCUT2D eigenvalue weighted by atomic mass is 10.1. The smallest absolute Gasteiger partial charge is 0.371 e. The Kier molecular flexibility index (Phi) is 5.84. The van der Waals surface area contributed by atoms with E-state index in [2.05, 4.69) is 10.3 Å². The van der Waals surface area contributed by atoms with Crippen LogP contribution >= 0.6 is 22.9 Å². The lowest BCUT2D eigenvalue weighted by molar-refractivity contribution is -0.137. The molecule has 0 unspecified atom stereocenters. The van der Waals surface area contributed by atoms with E-state index in [1.807, 2.05) is 0 Å². The normalized spacial score (nSPS) is 14.5. The summed E-state index contributed by atoms with van der Waals surface area (Å²) in [5.74, 6) is 0.273. The number of hydrogen-bond donors (Lipinski definition) is 1. The van der Waals surface area contributed by atoms with Crippen LogP contribution in [0.25, 0.3) is 0 Å². The first-order valence-electron chi connectivity index (χ1n) is 7.99. The second kappa shape index (κ2) is 7.94. The van der Waals surface area contributed by atoms with E-state index < -0.39 is 11.7 Å². The molecule has 140 valence electrons. The quantitative estimate of drug-likeness (QED) is 0.723. The summed E-state index contributed by atoms with van der Waals surface area (Å²) in [6, 6.07) is 3.22. The van der Waals surface area contributed by atoms with Crippen molar-refractivity contribution >= 4 is 34.0 Å². The summed E-state index contributed by atoms with van der Waals surface area (Å²) in [4.78, 5) is 16.5. The van der Waals surface area contributed by atoms with Gasteiger partial charge in [-0.2, -0.15) is 13.2 Å². The molecule has 1 fully saturated rings. The van der Waals surface area contributed by atoms with Gasteiger partial charge in [-0.15, -0.1) is 11.3 Å². The zero-order valence-corrected chi connectivity index (χ0v) is 15.2. The molecule has 1 heterocycles.